The molecule has 0 aliphatic carbocycles. The van der Waals surface area contributed by atoms with Crippen molar-refractivity contribution in [3.8, 4) is 0 Å². The monoisotopic (exact) mass is 514 g/mol. The Kier molecular flexibility index (Phi) is 6.83. The number of nitrogens with zero attached hydrogens (tertiary/aromatic N) is 2. The average molecular weight is 515 g/mol. The molecule has 2 bridgehead atoms. The van der Waals surface area contributed by atoms with Crippen molar-refractivity contribution in [1.29, 1.82) is 0 Å². The van der Waals surface area contributed by atoms with Gasteiger partial charge in [-0.15, -0.1) is 0 Å². The van der Waals surface area contributed by atoms with Crippen LogP contribution in [0.1, 0.15) is 52.4 Å². The minimum atomic E-state index is -0.274. The first-order valence-corrected chi connectivity index (χ1v) is 13.1. The zero-order valence-electron chi connectivity index (χ0n) is 20.2. The van der Waals surface area contributed by atoms with Crippen molar-refractivity contribution in [3.63, 3.8) is 0 Å². The largest absolute Gasteiger partial charge is 0.334 e. The van der Waals surface area contributed by atoms with Crippen molar-refractivity contribution in [3.05, 3.63) is 68.7 Å². The number of nitrogens with one attached hydrogen (secondary N) is 2. The molecule has 3 fully saturated rings. The highest BCUT2D eigenvalue weighted by molar-refractivity contribution is 6.42. The lowest BCUT2D eigenvalue weighted by molar-refractivity contribution is -0.136. The van der Waals surface area contributed by atoms with E-state index >= 15 is 0 Å². The fourth-order valence-electron chi connectivity index (χ4n) is 5.89. The normalized spacial score (nSPS) is 25.8. The number of hydrogen-bond acceptors (Lipinski definition) is 4. The highest BCUT2D eigenvalue weighted by atomic mass is 35.5. The summed E-state index contributed by atoms with van der Waals surface area (Å²) in [4.78, 5) is 30.7. The van der Waals surface area contributed by atoms with Gasteiger partial charge in [-0.25, -0.2) is 0 Å². The molecule has 3 saturated heterocycles. The Morgan fingerprint density at radius 1 is 1.06 bits per heavy atom. The molecule has 2 unspecified atom stereocenters. The van der Waals surface area contributed by atoms with E-state index in [-0.39, 0.29) is 23.4 Å². The third-order valence-electron chi connectivity index (χ3n) is 7.69. The van der Waals surface area contributed by atoms with Gasteiger partial charge in [-0.05, 0) is 56.5 Å². The average Bonchev–Trinajstić information content (AvgIpc) is 3.44. The Bertz CT molecular complexity index is 1130. The molecule has 0 aromatic heterocycles. The van der Waals surface area contributed by atoms with Crippen molar-refractivity contribution in [2.75, 3.05) is 32.7 Å². The van der Waals surface area contributed by atoms with Gasteiger partial charge in [-0.1, -0.05) is 46.5 Å². The molecular weight excluding hydrogens is 483 g/mol. The molecule has 2 aromatic rings. The zero-order chi connectivity index (χ0) is 24.7. The van der Waals surface area contributed by atoms with Gasteiger partial charge in [0, 0.05) is 56.3 Å². The number of benzene rings is 2. The summed E-state index contributed by atoms with van der Waals surface area (Å²) in [6, 6.07) is 11.7. The van der Waals surface area contributed by atoms with Crippen LogP contribution >= 0.6 is 23.2 Å². The number of amides is 2. The van der Waals surface area contributed by atoms with E-state index in [0.717, 1.165) is 42.6 Å². The Morgan fingerprint density at radius 2 is 1.83 bits per heavy atom. The van der Waals surface area contributed by atoms with Crippen molar-refractivity contribution in [2.45, 2.75) is 50.7 Å². The number of halogens is 2. The molecule has 0 saturated carbocycles. The van der Waals surface area contributed by atoms with Gasteiger partial charge in [-0.2, -0.15) is 0 Å². The zero-order valence-corrected chi connectivity index (χ0v) is 21.8. The van der Waals surface area contributed by atoms with Crippen molar-refractivity contribution >= 4 is 35.0 Å². The minimum absolute atomic E-state index is 0.00826. The second kappa shape index (κ2) is 9.74. The van der Waals surface area contributed by atoms with E-state index in [2.05, 4.69) is 16.7 Å². The van der Waals surface area contributed by atoms with Gasteiger partial charge >= 0.3 is 0 Å². The van der Waals surface area contributed by atoms with Gasteiger partial charge in [0.25, 0.3) is 5.91 Å². The molecule has 3 aliphatic rings. The summed E-state index contributed by atoms with van der Waals surface area (Å²) in [5.41, 5.74) is 3.73. The SMILES string of the molecule is Cc1cc(C)cc(C(=O)N2CCN(C(=O)CCC34CNC(CN3)C4)[C@H](c3ccc(Cl)c(Cl)c3)C2)c1. The molecule has 5 rings (SSSR count). The lowest BCUT2D eigenvalue weighted by Gasteiger charge is -2.42. The second-order valence-corrected chi connectivity index (χ2v) is 11.2. The highest BCUT2D eigenvalue weighted by Crippen LogP contribution is 2.34. The molecule has 3 heterocycles. The lowest BCUT2D eigenvalue weighted by atomic mass is 9.93. The predicted octanol–water partition coefficient (Wildman–Crippen LogP) is 4.12. The molecule has 2 aromatic carbocycles. The lowest BCUT2D eigenvalue weighted by Crippen LogP contribution is -2.53. The maximum Gasteiger partial charge on any atom is 0.254 e. The van der Waals surface area contributed by atoms with Gasteiger partial charge in [-0.3, -0.25) is 9.59 Å². The first-order chi connectivity index (χ1) is 16.7. The van der Waals surface area contributed by atoms with Crippen molar-refractivity contribution in [2.24, 2.45) is 0 Å². The van der Waals surface area contributed by atoms with Crippen LogP contribution in [0, 0.1) is 13.8 Å². The summed E-state index contributed by atoms with van der Waals surface area (Å²) >= 11 is 12.5. The van der Waals surface area contributed by atoms with Gasteiger partial charge in [0.2, 0.25) is 5.91 Å². The van der Waals surface area contributed by atoms with Crippen LogP contribution in [-0.2, 0) is 4.79 Å². The van der Waals surface area contributed by atoms with E-state index in [9.17, 15) is 9.59 Å². The molecule has 3 aliphatic heterocycles. The topological polar surface area (TPSA) is 64.7 Å². The summed E-state index contributed by atoms with van der Waals surface area (Å²) in [6.45, 7) is 7.30. The van der Waals surface area contributed by atoms with Crippen LogP contribution in [0.2, 0.25) is 10.0 Å². The summed E-state index contributed by atoms with van der Waals surface area (Å²) in [5, 5.41) is 8.07. The second-order valence-electron chi connectivity index (χ2n) is 10.3. The molecule has 0 radical (unpaired) electrons. The van der Waals surface area contributed by atoms with Crippen LogP contribution in [-0.4, -0.2) is 65.9 Å². The third-order valence-corrected chi connectivity index (χ3v) is 8.43. The number of rotatable bonds is 5. The predicted molar refractivity (Wildman–Crippen MR) is 139 cm³/mol. The first kappa shape index (κ1) is 24.6. The Hall–Kier alpha value is -2.12. The molecule has 2 N–H and O–H groups in total. The van der Waals surface area contributed by atoms with Crippen LogP contribution in [0.25, 0.3) is 0 Å². The van der Waals surface area contributed by atoms with Gasteiger partial charge < -0.3 is 20.4 Å². The molecule has 35 heavy (non-hydrogen) atoms. The van der Waals surface area contributed by atoms with Crippen LogP contribution in [0.5, 0.6) is 0 Å². The van der Waals surface area contributed by atoms with E-state index in [4.69, 9.17) is 23.2 Å². The number of aryl methyl sites for hydroxylation is 2. The van der Waals surface area contributed by atoms with E-state index in [0.29, 0.717) is 47.7 Å². The smallest absolute Gasteiger partial charge is 0.254 e. The number of carbonyl (C=O) groups is 2. The van der Waals surface area contributed by atoms with E-state index in [1.165, 1.54) is 0 Å². The Morgan fingerprint density at radius 3 is 2.46 bits per heavy atom. The standard InChI is InChI=1S/C27H32Cl2N4O2/c1-17-9-18(2)11-20(10-17)26(35)32-7-8-33(24(15-32)19-3-4-22(28)23(29)12-19)25(34)5-6-27-13-21(14-31-27)30-16-27/h3-4,9-12,21,24,30-31H,5-8,13-16H2,1-2H3/t21?,24-,27?/m0/s1. The maximum atomic E-state index is 13.5. The molecule has 8 heteroatoms. The van der Waals surface area contributed by atoms with Crippen LogP contribution in [0.3, 0.4) is 0 Å². The van der Waals surface area contributed by atoms with Crippen molar-refractivity contribution < 1.29 is 9.59 Å². The van der Waals surface area contributed by atoms with Gasteiger partial charge in [0.1, 0.15) is 0 Å². The molecule has 2 amide bonds. The molecular formula is C27H32Cl2N4O2. The summed E-state index contributed by atoms with van der Waals surface area (Å²) in [7, 11) is 0. The number of piperazine rings is 2. The van der Waals surface area contributed by atoms with Crippen molar-refractivity contribution in [1.82, 2.24) is 20.4 Å². The Labute approximate surface area is 216 Å². The number of carbonyl (C=O) groups excluding carboxylic acids is 2. The quantitative estimate of drug-likeness (QED) is 0.629. The third kappa shape index (κ3) is 5.08. The summed E-state index contributed by atoms with van der Waals surface area (Å²) in [6.07, 6.45) is 2.37. The number of fused-ring (bicyclic) bond motifs is 2. The Balaban J connectivity index is 1.36. The molecule has 0 spiro atoms. The van der Waals surface area contributed by atoms with Crippen LogP contribution < -0.4 is 10.6 Å². The first-order valence-electron chi connectivity index (χ1n) is 12.3. The minimum Gasteiger partial charge on any atom is -0.334 e. The van der Waals surface area contributed by atoms with Gasteiger partial charge in [0.15, 0.2) is 0 Å². The fraction of sp³-hybridized carbons (Fsp3) is 0.481. The van der Waals surface area contributed by atoms with Gasteiger partial charge in [0.05, 0.1) is 16.1 Å². The fourth-order valence-corrected chi connectivity index (χ4v) is 6.20. The maximum absolute atomic E-state index is 13.5. The van der Waals surface area contributed by atoms with E-state index in [1.54, 1.807) is 6.07 Å². The van der Waals surface area contributed by atoms with E-state index < -0.39 is 0 Å². The van der Waals surface area contributed by atoms with E-state index in [1.807, 2.05) is 47.9 Å². The molecule has 6 nitrogen and oxygen atoms in total. The van der Waals surface area contributed by atoms with Crippen LogP contribution in [0.15, 0.2) is 36.4 Å². The molecule has 186 valence electrons. The van der Waals surface area contributed by atoms with Crippen LogP contribution in [0.4, 0.5) is 0 Å². The number of hydrogen-bond donors (Lipinski definition) is 2. The summed E-state index contributed by atoms with van der Waals surface area (Å²) < 4.78 is 0. The summed E-state index contributed by atoms with van der Waals surface area (Å²) in [5.74, 6) is 0.108. The molecule has 3 atom stereocenters. The highest BCUT2D eigenvalue weighted by Gasteiger charge is 2.45.